The van der Waals surface area contributed by atoms with Crippen LogP contribution in [0.2, 0.25) is 0 Å². The molecule has 0 aliphatic carbocycles. The molecule has 3 aromatic heterocycles. The Kier molecular flexibility index (Phi) is 2.54. The van der Waals surface area contributed by atoms with Gasteiger partial charge in [0.2, 0.25) is 0 Å². The van der Waals surface area contributed by atoms with Crippen LogP contribution in [0.3, 0.4) is 0 Å². The average molecular weight is 273 g/mol. The lowest BCUT2D eigenvalue weighted by Gasteiger charge is -2.09. The Morgan fingerprint density at radius 3 is 1.95 bits per heavy atom. The van der Waals surface area contributed by atoms with Gasteiger partial charge < -0.3 is 4.57 Å². The zero-order valence-electron chi connectivity index (χ0n) is 12.0. The quantitative estimate of drug-likeness (QED) is 0.520. The van der Waals surface area contributed by atoms with Gasteiger partial charge >= 0.3 is 0 Å². The Labute approximate surface area is 122 Å². The van der Waals surface area contributed by atoms with E-state index in [2.05, 4.69) is 58.7 Å². The molecule has 0 aliphatic rings. The molecular weight excluding hydrogens is 258 g/mol. The van der Waals surface area contributed by atoms with E-state index >= 15 is 0 Å². The number of fused-ring (bicyclic) bond motifs is 3. The van der Waals surface area contributed by atoms with E-state index in [4.69, 9.17) is 0 Å². The minimum absolute atomic E-state index is 1.14. The van der Waals surface area contributed by atoms with Crippen LogP contribution in [0.25, 0.3) is 27.5 Å². The van der Waals surface area contributed by atoms with Crippen molar-refractivity contribution >= 4 is 21.8 Å². The highest BCUT2D eigenvalue weighted by molar-refractivity contribution is 6.08. The summed E-state index contributed by atoms with van der Waals surface area (Å²) in [5.41, 5.74) is 6.11. The smallest absolute Gasteiger partial charge is 0.0572 e. The van der Waals surface area contributed by atoms with Gasteiger partial charge in [0.1, 0.15) is 0 Å². The zero-order valence-corrected chi connectivity index (χ0v) is 12.0. The van der Waals surface area contributed by atoms with Crippen molar-refractivity contribution in [1.82, 2.24) is 14.5 Å². The van der Waals surface area contributed by atoms with Crippen LogP contribution in [-0.2, 0) is 0 Å². The molecule has 0 amide bonds. The standard InChI is InChI=1S/C18H15N3/c1-12-3-4-14(9-13(12)2)21-17-5-7-19-10-15(17)16-11-20-8-6-18(16)21/h3-11H,1-2H3. The van der Waals surface area contributed by atoms with E-state index < -0.39 is 0 Å². The molecule has 21 heavy (non-hydrogen) atoms. The van der Waals surface area contributed by atoms with Gasteiger partial charge in [0.05, 0.1) is 11.0 Å². The van der Waals surface area contributed by atoms with E-state index in [1.807, 2.05) is 24.8 Å². The fourth-order valence-corrected chi connectivity index (χ4v) is 2.85. The maximum Gasteiger partial charge on any atom is 0.0572 e. The second-order valence-electron chi connectivity index (χ2n) is 5.39. The summed E-state index contributed by atoms with van der Waals surface area (Å²) in [4.78, 5) is 8.52. The molecule has 4 aromatic rings. The van der Waals surface area contributed by atoms with Crippen LogP contribution < -0.4 is 0 Å². The van der Waals surface area contributed by atoms with Crippen LogP contribution in [0.1, 0.15) is 11.1 Å². The van der Waals surface area contributed by atoms with Gasteiger partial charge in [0.25, 0.3) is 0 Å². The molecule has 0 saturated carbocycles. The third-order valence-corrected chi connectivity index (χ3v) is 4.12. The molecule has 0 atom stereocenters. The van der Waals surface area contributed by atoms with Crippen LogP contribution in [0, 0.1) is 13.8 Å². The van der Waals surface area contributed by atoms with E-state index in [0.717, 1.165) is 21.8 Å². The lowest BCUT2D eigenvalue weighted by molar-refractivity contribution is 1.15. The van der Waals surface area contributed by atoms with E-state index in [1.54, 1.807) is 0 Å². The summed E-state index contributed by atoms with van der Waals surface area (Å²) in [6.45, 7) is 4.29. The summed E-state index contributed by atoms with van der Waals surface area (Å²) in [5.74, 6) is 0. The minimum atomic E-state index is 1.14. The first-order valence-corrected chi connectivity index (χ1v) is 7.01. The lowest BCUT2D eigenvalue weighted by Crippen LogP contribution is -1.95. The van der Waals surface area contributed by atoms with Gasteiger partial charge in [-0.05, 0) is 49.2 Å². The fourth-order valence-electron chi connectivity index (χ4n) is 2.85. The summed E-state index contributed by atoms with van der Waals surface area (Å²) >= 11 is 0. The van der Waals surface area contributed by atoms with Gasteiger partial charge in [0, 0.05) is 41.2 Å². The fraction of sp³-hybridized carbons (Fsp3) is 0.111. The van der Waals surface area contributed by atoms with E-state index in [1.165, 1.54) is 16.8 Å². The highest BCUT2D eigenvalue weighted by atomic mass is 15.0. The molecular formula is C18H15N3. The van der Waals surface area contributed by atoms with Gasteiger partial charge in [0.15, 0.2) is 0 Å². The molecule has 3 nitrogen and oxygen atoms in total. The Morgan fingerprint density at radius 2 is 1.38 bits per heavy atom. The van der Waals surface area contributed by atoms with E-state index in [9.17, 15) is 0 Å². The van der Waals surface area contributed by atoms with Crippen LogP contribution >= 0.6 is 0 Å². The third kappa shape index (κ3) is 1.74. The number of aryl methyl sites for hydroxylation is 2. The Morgan fingerprint density at radius 1 is 0.762 bits per heavy atom. The summed E-state index contributed by atoms with van der Waals surface area (Å²) in [6, 6.07) is 10.7. The molecule has 0 bridgehead atoms. The Balaban J connectivity index is 2.17. The van der Waals surface area contributed by atoms with Crippen molar-refractivity contribution in [2.75, 3.05) is 0 Å². The Bertz CT molecular complexity index is 913. The number of pyridine rings is 2. The lowest BCUT2D eigenvalue weighted by atomic mass is 10.1. The molecule has 3 heteroatoms. The number of hydrogen-bond donors (Lipinski definition) is 0. The highest BCUT2D eigenvalue weighted by Gasteiger charge is 2.12. The van der Waals surface area contributed by atoms with E-state index in [0.29, 0.717) is 0 Å². The van der Waals surface area contributed by atoms with Gasteiger partial charge in [-0.25, -0.2) is 0 Å². The van der Waals surface area contributed by atoms with Crippen molar-refractivity contribution in [3.05, 3.63) is 66.2 Å². The normalized spacial score (nSPS) is 11.3. The highest BCUT2D eigenvalue weighted by Crippen LogP contribution is 2.31. The molecule has 1 aromatic carbocycles. The zero-order chi connectivity index (χ0) is 14.4. The first-order valence-electron chi connectivity index (χ1n) is 7.01. The Hall–Kier alpha value is -2.68. The monoisotopic (exact) mass is 273 g/mol. The van der Waals surface area contributed by atoms with Crippen molar-refractivity contribution < 1.29 is 0 Å². The van der Waals surface area contributed by atoms with Gasteiger partial charge in [-0.3, -0.25) is 9.97 Å². The molecule has 0 fully saturated rings. The second-order valence-corrected chi connectivity index (χ2v) is 5.39. The number of aromatic nitrogens is 3. The molecule has 0 aliphatic heterocycles. The number of nitrogens with zero attached hydrogens (tertiary/aromatic N) is 3. The average Bonchev–Trinajstić information content (AvgIpc) is 2.85. The SMILES string of the molecule is Cc1ccc(-n2c3ccncc3c3cnccc32)cc1C. The molecule has 4 rings (SSSR count). The van der Waals surface area contributed by atoms with Crippen molar-refractivity contribution in [3.63, 3.8) is 0 Å². The van der Waals surface area contributed by atoms with E-state index in [-0.39, 0.29) is 0 Å². The summed E-state index contributed by atoms with van der Waals surface area (Å²) in [7, 11) is 0. The maximum absolute atomic E-state index is 4.26. The second kappa shape index (κ2) is 4.42. The number of hydrogen-bond acceptors (Lipinski definition) is 2. The predicted octanol–water partition coefficient (Wildman–Crippen LogP) is 4.19. The molecule has 102 valence electrons. The van der Waals surface area contributed by atoms with Crippen LogP contribution in [0.5, 0.6) is 0 Å². The third-order valence-electron chi connectivity index (χ3n) is 4.12. The molecule has 3 heterocycles. The van der Waals surface area contributed by atoms with Crippen LogP contribution in [0.4, 0.5) is 0 Å². The van der Waals surface area contributed by atoms with Gasteiger partial charge in [-0.15, -0.1) is 0 Å². The summed E-state index contributed by atoms with van der Waals surface area (Å²) in [6.07, 6.45) is 7.51. The van der Waals surface area contributed by atoms with Crippen molar-refractivity contribution in [2.24, 2.45) is 0 Å². The van der Waals surface area contributed by atoms with Crippen molar-refractivity contribution in [2.45, 2.75) is 13.8 Å². The first-order chi connectivity index (χ1) is 10.3. The van der Waals surface area contributed by atoms with Gasteiger partial charge in [-0.2, -0.15) is 0 Å². The molecule has 0 radical (unpaired) electrons. The predicted molar refractivity (Wildman–Crippen MR) is 85.8 cm³/mol. The topological polar surface area (TPSA) is 30.7 Å². The van der Waals surface area contributed by atoms with Crippen LogP contribution in [-0.4, -0.2) is 14.5 Å². The summed E-state index contributed by atoms with van der Waals surface area (Å²) < 4.78 is 2.28. The number of rotatable bonds is 1. The van der Waals surface area contributed by atoms with Crippen LogP contribution in [0.15, 0.2) is 55.1 Å². The molecule has 0 unspecified atom stereocenters. The molecule has 0 saturated heterocycles. The first kappa shape index (κ1) is 12.1. The molecule has 0 spiro atoms. The minimum Gasteiger partial charge on any atom is -0.309 e. The largest absolute Gasteiger partial charge is 0.309 e. The molecule has 0 N–H and O–H groups in total. The van der Waals surface area contributed by atoms with Gasteiger partial charge in [-0.1, -0.05) is 6.07 Å². The summed E-state index contributed by atoms with van der Waals surface area (Å²) in [5, 5.41) is 2.28. The van der Waals surface area contributed by atoms with Crippen molar-refractivity contribution in [3.8, 4) is 5.69 Å². The number of benzene rings is 1. The van der Waals surface area contributed by atoms with Crippen molar-refractivity contribution in [1.29, 1.82) is 0 Å². The maximum atomic E-state index is 4.26.